The maximum atomic E-state index is 14.2. The van der Waals surface area contributed by atoms with Gasteiger partial charge in [-0.15, -0.1) is 10.3 Å². The lowest BCUT2D eigenvalue weighted by Gasteiger charge is -2.18. The zero-order chi connectivity index (χ0) is 21.8. The molecule has 154 valence electrons. The molecule has 0 amide bonds. The van der Waals surface area contributed by atoms with Crippen LogP contribution in [0.3, 0.4) is 0 Å². The van der Waals surface area contributed by atoms with Gasteiger partial charge in [-0.3, -0.25) is 4.79 Å². The lowest BCUT2D eigenvalue weighted by atomic mass is 10.1. The van der Waals surface area contributed by atoms with Gasteiger partial charge in [0.25, 0.3) is 10.0 Å². The summed E-state index contributed by atoms with van der Waals surface area (Å²) >= 11 is 0. The fraction of sp³-hybridized carbons (Fsp3) is 0.0870. The van der Waals surface area contributed by atoms with E-state index in [1.54, 1.807) is 60.7 Å². The van der Waals surface area contributed by atoms with Crippen molar-refractivity contribution in [3.8, 4) is 0 Å². The van der Waals surface area contributed by atoms with Crippen LogP contribution in [0.4, 0.5) is 0 Å². The Kier molecular flexibility index (Phi) is 6.34. The summed E-state index contributed by atoms with van der Waals surface area (Å²) in [6.07, 6.45) is 1.21. The first kappa shape index (κ1) is 21.7. The number of carbonyl (C=O) groups is 1. The fourth-order valence-corrected chi connectivity index (χ4v) is 7.13. The van der Waals surface area contributed by atoms with E-state index in [9.17, 15) is 17.4 Å². The number of hydrogen-bond acceptors (Lipinski definition) is 4. The van der Waals surface area contributed by atoms with Crippen molar-refractivity contribution < 1.29 is 17.4 Å². The van der Waals surface area contributed by atoms with Gasteiger partial charge in [0, 0.05) is 10.5 Å². The Morgan fingerprint density at radius 3 is 1.90 bits per heavy atom. The molecule has 0 spiro atoms. The van der Waals surface area contributed by atoms with Crippen molar-refractivity contribution in [2.75, 3.05) is 0 Å². The van der Waals surface area contributed by atoms with Gasteiger partial charge in [0.2, 0.25) is 0 Å². The van der Waals surface area contributed by atoms with Crippen LogP contribution in [-0.2, 0) is 19.8 Å². The zero-order valence-corrected chi connectivity index (χ0v) is 18.0. The summed E-state index contributed by atoms with van der Waals surface area (Å²) < 4.78 is 44.0. The summed E-state index contributed by atoms with van der Waals surface area (Å²) in [5, 5.41) is -1.34. The van der Waals surface area contributed by atoms with Gasteiger partial charge in [0.1, 0.15) is 15.0 Å². The van der Waals surface area contributed by atoms with Crippen LogP contribution < -0.4 is 0 Å². The van der Waals surface area contributed by atoms with Crippen molar-refractivity contribution in [1.82, 2.24) is 0 Å². The van der Waals surface area contributed by atoms with E-state index in [4.69, 9.17) is 0 Å². The second-order valence-electron chi connectivity index (χ2n) is 6.63. The minimum atomic E-state index is -4.30. The standard InChI is InChI=1S/C23H21NO4S2/c1-3-22(23(25)19-10-6-4-7-11-19)29(26,20-12-8-5-9-13-20)24-30(27,28)21-16-14-18(2)15-17-21/h3-17,22H,1H2,2H3. The number of benzene rings is 3. The molecule has 2 unspecified atom stereocenters. The van der Waals surface area contributed by atoms with Crippen LogP contribution in [0.5, 0.6) is 0 Å². The molecule has 5 nitrogen and oxygen atoms in total. The molecule has 0 aliphatic rings. The number of nitrogens with zero attached hydrogens (tertiary/aromatic N) is 1. The molecule has 3 aromatic rings. The molecule has 2 atom stereocenters. The predicted molar refractivity (Wildman–Crippen MR) is 118 cm³/mol. The number of aryl methyl sites for hydroxylation is 1. The number of ketones is 1. The molecule has 0 saturated heterocycles. The molecule has 0 radical (unpaired) electrons. The van der Waals surface area contributed by atoms with Crippen molar-refractivity contribution in [1.29, 1.82) is 0 Å². The molecule has 0 fully saturated rings. The Morgan fingerprint density at radius 2 is 1.37 bits per heavy atom. The summed E-state index contributed by atoms with van der Waals surface area (Å²) in [5.41, 5.74) is 1.18. The van der Waals surface area contributed by atoms with Crippen molar-refractivity contribution in [2.45, 2.75) is 22.0 Å². The highest BCUT2D eigenvalue weighted by molar-refractivity contribution is 8.04. The number of hydrogen-bond donors (Lipinski definition) is 0. The van der Waals surface area contributed by atoms with Crippen molar-refractivity contribution >= 4 is 25.5 Å². The van der Waals surface area contributed by atoms with Crippen molar-refractivity contribution in [3.05, 3.63) is 109 Å². The summed E-state index contributed by atoms with van der Waals surface area (Å²) in [6.45, 7) is 5.49. The van der Waals surface area contributed by atoms with Gasteiger partial charge in [0.15, 0.2) is 5.78 Å². The maximum Gasteiger partial charge on any atom is 0.290 e. The highest BCUT2D eigenvalue weighted by atomic mass is 32.3. The fourth-order valence-electron chi connectivity index (χ4n) is 2.90. The van der Waals surface area contributed by atoms with E-state index in [-0.39, 0.29) is 9.79 Å². The average molecular weight is 440 g/mol. The van der Waals surface area contributed by atoms with Crippen molar-refractivity contribution in [2.24, 2.45) is 3.77 Å². The van der Waals surface area contributed by atoms with E-state index < -0.39 is 30.8 Å². The van der Waals surface area contributed by atoms with Crippen LogP contribution in [0.2, 0.25) is 0 Å². The second-order valence-corrected chi connectivity index (χ2v) is 10.8. The van der Waals surface area contributed by atoms with E-state index in [1.807, 2.05) is 6.92 Å². The summed E-state index contributed by atoms with van der Waals surface area (Å²) in [7, 11) is -8.06. The monoisotopic (exact) mass is 439 g/mol. The van der Waals surface area contributed by atoms with Crippen molar-refractivity contribution in [3.63, 3.8) is 0 Å². The first-order valence-corrected chi connectivity index (χ1v) is 12.2. The molecule has 0 aliphatic heterocycles. The number of rotatable bonds is 7. The third-order valence-corrected chi connectivity index (χ3v) is 9.06. The van der Waals surface area contributed by atoms with Crippen LogP contribution in [0.1, 0.15) is 15.9 Å². The molecule has 0 bridgehead atoms. The van der Waals surface area contributed by atoms with Crippen LogP contribution in [0.15, 0.2) is 111 Å². The van der Waals surface area contributed by atoms with E-state index in [1.165, 1.54) is 30.3 Å². The first-order valence-electron chi connectivity index (χ1n) is 9.14. The van der Waals surface area contributed by atoms with Crippen LogP contribution in [0, 0.1) is 6.92 Å². The molecule has 30 heavy (non-hydrogen) atoms. The third-order valence-electron chi connectivity index (χ3n) is 4.48. The average Bonchev–Trinajstić information content (AvgIpc) is 2.75. The lowest BCUT2D eigenvalue weighted by molar-refractivity contribution is 0.0999. The van der Waals surface area contributed by atoms with Gasteiger partial charge < -0.3 is 0 Å². The summed E-state index contributed by atoms with van der Waals surface area (Å²) in [6, 6.07) is 22.3. The van der Waals surface area contributed by atoms with Crippen LogP contribution >= 0.6 is 0 Å². The topological polar surface area (TPSA) is 80.6 Å². The van der Waals surface area contributed by atoms with Gasteiger partial charge in [-0.25, -0.2) is 4.21 Å². The van der Waals surface area contributed by atoms with Crippen LogP contribution in [-0.4, -0.2) is 23.7 Å². The molecule has 0 aliphatic carbocycles. The van der Waals surface area contributed by atoms with Gasteiger partial charge in [0.05, 0.1) is 4.90 Å². The highest BCUT2D eigenvalue weighted by Gasteiger charge is 2.33. The molecule has 0 N–H and O–H groups in total. The molecular weight excluding hydrogens is 418 g/mol. The first-order chi connectivity index (χ1) is 14.3. The SMILES string of the molecule is C=CC(C(=O)c1ccccc1)S(=O)(=NS(=O)(=O)c1ccc(C)cc1)c1ccccc1. The highest BCUT2D eigenvalue weighted by Crippen LogP contribution is 2.26. The molecule has 3 aromatic carbocycles. The maximum absolute atomic E-state index is 14.2. The molecular formula is C23H21NO4S2. The van der Waals surface area contributed by atoms with Gasteiger partial charge in [-0.2, -0.15) is 8.42 Å². The number of sulfonamides is 1. The minimum absolute atomic E-state index is 0.0910. The third kappa shape index (κ3) is 4.42. The quantitative estimate of drug-likeness (QED) is 0.396. The molecule has 0 heterocycles. The normalized spacial score (nSPS) is 14.3. The van der Waals surface area contributed by atoms with Gasteiger partial charge >= 0.3 is 0 Å². The molecule has 3 rings (SSSR count). The predicted octanol–water partition coefficient (Wildman–Crippen LogP) is 4.65. The Labute approximate surface area is 177 Å². The van der Waals surface area contributed by atoms with E-state index in [0.717, 1.165) is 5.56 Å². The largest absolute Gasteiger partial charge is 0.292 e. The van der Waals surface area contributed by atoms with E-state index in [0.29, 0.717) is 5.56 Å². The summed E-state index contributed by atoms with van der Waals surface area (Å²) in [5.74, 6) is -0.512. The summed E-state index contributed by atoms with van der Waals surface area (Å²) in [4.78, 5) is 13.2. The Balaban J connectivity index is 2.25. The Hall–Kier alpha value is -3.03. The smallest absolute Gasteiger partial charge is 0.290 e. The lowest BCUT2D eigenvalue weighted by Crippen LogP contribution is -2.29. The second kappa shape index (κ2) is 8.77. The van der Waals surface area contributed by atoms with E-state index in [2.05, 4.69) is 10.3 Å². The molecule has 0 aromatic heterocycles. The zero-order valence-electron chi connectivity index (χ0n) is 16.3. The molecule has 7 heteroatoms. The van der Waals surface area contributed by atoms with Gasteiger partial charge in [-0.1, -0.05) is 72.3 Å². The Morgan fingerprint density at radius 1 is 0.833 bits per heavy atom. The molecule has 0 saturated carbocycles. The van der Waals surface area contributed by atoms with Gasteiger partial charge in [-0.05, 0) is 31.2 Å². The van der Waals surface area contributed by atoms with E-state index >= 15 is 0 Å². The minimum Gasteiger partial charge on any atom is -0.292 e. The number of Topliss-reactive ketones (excluding diaryl/α,β-unsaturated/α-hetero) is 1. The Bertz CT molecular complexity index is 1270. The van der Waals surface area contributed by atoms with Crippen LogP contribution in [0.25, 0.3) is 0 Å². The number of carbonyl (C=O) groups excluding carboxylic acids is 1.